The summed E-state index contributed by atoms with van der Waals surface area (Å²) in [6.07, 6.45) is 4.77. The first-order valence-corrected chi connectivity index (χ1v) is 11.6. The van der Waals surface area contributed by atoms with E-state index >= 15 is 0 Å². The average Bonchev–Trinajstić information content (AvgIpc) is 3.28. The Hall–Kier alpha value is -1.14. The fraction of sp³-hybridized carbons (Fsp3) is 0.917. The first kappa shape index (κ1) is 20.7. The Morgan fingerprint density at radius 3 is 2.17 bits per heavy atom. The topological polar surface area (TPSA) is 74.4 Å². The SMILES string of the molecule is CC(=O)O[C@@H]1O[C@H](OC(C)=O)[C@@H]2[C@H]1[C@@H]1O[C@@H]1[C@H]1[C@@]2(C)CC[C@H]2C(C)(C)CCC[C@]12C. The highest BCUT2D eigenvalue weighted by molar-refractivity contribution is 5.66. The van der Waals surface area contributed by atoms with Gasteiger partial charge in [-0.3, -0.25) is 9.59 Å². The molecule has 2 saturated heterocycles. The first-order chi connectivity index (χ1) is 14.0. The third-order valence-corrected chi connectivity index (χ3v) is 9.55. The number of esters is 2. The van der Waals surface area contributed by atoms with Crippen molar-refractivity contribution >= 4 is 11.9 Å². The molecule has 0 N–H and O–H groups in total. The summed E-state index contributed by atoms with van der Waals surface area (Å²) in [5.74, 6) is 0.212. The van der Waals surface area contributed by atoms with Crippen LogP contribution in [0.25, 0.3) is 0 Å². The van der Waals surface area contributed by atoms with Crippen LogP contribution in [-0.4, -0.2) is 36.7 Å². The molecule has 0 amide bonds. The predicted molar refractivity (Wildman–Crippen MR) is 108 cm³/mol. The summed E-state index contributed by atoms with van der Waals surface area (Å²) in [5, 5.41) is 0. The number of epoxide rings is 1. The lowest BCUT2D eigenvalue weighted by Gasteiger charge is -2.65. The maximum Gasteiger partial charge on any atom is 0.304 e. The Balaban J connectivity index is 1.55. The molecule has 10 atom stereocenters. The third kappa shape index (κ3) is 2.75. The van der Waals surface area contributed by atoms with Gasteiger partial charge in [-0.1, -0.05) is 34.1 Å². The van der Waals surface area contributed by atoms with E-state index in [4.69, 9.17) is 18.9 Å². The van der Waals surface area contributed by atoms with Gasteiger partial charge in [0.25, 0.3) is 0 Å². The molecular formula is C24H36O6. The number of rotatable bonds is 2. The summed E-state index contributed by atoms with van der Waals surface area (Å²) < 4.78 is 23.7. The molecule has 0 aromatic carbocycles. The Bertz CT molecular complexity index is 763. The Labute approximate surface area is 179 Å². The van der Waals surface area contributed by atoms with Crippen molar-refractivity contribution < 1.29 is 28.5 Å². The molecule has 3 aliphatic carbocycles. The van der Waals surface area contributed by atoms with E-state index in [1.165, 1.54) is 39.5 Å². The molecule has 6 nitrogen and oxygen atoms in total. The summed E-state index contributed by atoms with van der Waals surface area (Å²) in [6, 6.07) is 0. The van der Waals surface area contributed by atoms with Crippen molar-refractivity contribution in [2.24, 2.45) is 39.9 Å². The third-order valence-electron chi connectivity index (χ3n) is 9.55. The Morgan fingerprint density at radius 1 is 0.833 bits per heavy atom. The van der Waals surface area contributed by atoms with Gasteiger partial charge in [-0.25, -0.2) is 0 Å². The first-order valence-electron chi connectivity index (χ1n) is 11.6. The Morgan fingerprint density at radius 2 is 1.50 bits per heavy atom. The van der Waals surface area contributed by atoms with Crippen LogP contribution in [0.5, 0.6) is 0 Å². The minimum atomic E-state index is -0.710. The van der Waals surface area contributed by atoms with Gasteiger partial charge < -0.3 is 18.9 Å². The second kappa shape index (κ2) is 6.44. The van der Waals surface area contributed by atoms with Crippen LogP contribution < -0.4 is 0 Å². The molecule has 3 saturated carbocycles. The minimum Gasteiger partial charge on any atom is -0.435 e. The van der Waals surface area contributed by atoms with Crippen LogP contribution in [0.4, 0.5) is 0 Å². The fourth-order valence-electron chi connectivity index (χ4n) is 8.76. The normalized spacial score (nSPS) is 52.9. The lowest BCUT2D eigenvalue weighted by atomic mass is 9.38. The number of ether oxygens (including phenoxy) is 4. The molecule has 2 heterocycles. The highest BCUT2D eigenvalue weighted by atomic mass is 16.8. The van der Waals surface area contributed by atoms with E-state index in [0.717, 1.165) is 6.42 Å². The largest absolute Gasteiger partial charge is 0.435 e. The van der Waals surface area contributed by atoms with E-state index < -0.39 is 12.6 Å². The molecule has 168 valence electrons. The van der Waals surface area contributed by atoms with E-state index in [-0.39, 0.29) is 46.8 Å². The number of carbonyl (C=O) groups excluding carboxylic acids is 2. The lowest BCUT2D eigenvalue weighted by molar-refractivity contribution is -0.225. The van der Waals surface area contributed by atoms with Gasteiger partial charge >= 0.3 is 11.9 Å². The van der Waals surface area contributed by atoms with E-state index in [1.807, 2.05) is 0 Å². The molecule has 2 aliphatic heterocycles. The van der Waals surface area contributed by atoms with Crippen LogP contribution in [0.1, 0.15) is 73.6 Å². The van der Waals surface area contributed by atoms with Gasteiger partial charge in [0.1, 0.15) is 0 Å². The molecule has 6 heteroatoms. The second-order valence-corrected chi connectivity index (χ2v) is 11.7. The highest BCUT2D eigenvalue weighted by Crippen LogP contribution is 2.74. The fourth-order valence-corrected chi connectivity index (χ4v) is 8.76. The van der Waals surface area contributed by atoms with E-state index in [9.17, 15) is 9.59 Å². The van der Waals surface area contributed by atoms with Crippen LogP contribution in [0.3, 0.4) is 0 Å². The van der Waals surface area contributed by atoms with Crippen LogP contribution >= 0.6 is 0 Å². The molecule has 5 aliphatic rings. The summed E-state index contributed by atoms with van der Waals surface area (Å²) >= 11 is 0. The minimum absolute atomic E-state index is 0.0126. The van der Waals surface area contributed by atoms with Crippen LogP contribution in [0, 0.1) is 39.9 Å². The van der Waals surface area contributed by atoms with Crippen LogP contribution in [0.15, 0.2) is 0 Å². The van der Waals surface area contributed by atoms with E-state index in [0.29, 0.717) is 17.3 Å². The van der Waals surface area contributed by atoms with Crippen molar-refractivity contribution in [1.82, 2.24) is 0 Å². The van der Waals surface area contributed by atoms with Gasteiger partial charge in [0.15, 0.2) is 0 Å². The van der Waals surface area contributed by atoms with Crippen molar-refractivity contribution in [2.45, 2.75) is 98.4 Å². The van der Waals surface area contributed by atoms with E-state index in [1.54, 1.807) is 0 Å². The molecule has 0 radical (unpaired) electrons. The van der Waals surface area contributed by atoms with Crippen molar-refractivity contribution in [3.8, 4) is 0 Å². The molecule has 5 fully saturated rings. The lowest BCUT2D eigenvalue weighted by Crippen LogP contribution is -2.63. The summed E-state index contributed by atoms with van der Waals surface area (Å²) in [6.45, 7) is 12.5. The summed E-state index contributed by atoms with van der Waals surface area (Å²) in [7, 11) is 0. The van der Waals surface area contributed by atoms with Gasteiger partial charge in [0.2, 0.25) is 12.6 Å². The van der Waals surface area contributed by atoms with Crippen molar-refractivity contribution in [1.29, 1.82) is 0 Å². The molecule has 0 aromatic heterocycles. The zero-order valence-corrected chi connectivity index (χ0v) is 19.1. The number of fused-ring (bicyclic) bond motifs is 8. The zero-order chi connectivity index (χ0) is 21.6. The molecule has 0 bridgehead atoms. The molecule has 5 rings (SSSR count). The average molecular weight is 421 g/mol. The van der Waals surface area contributed by atoms with Gasteiger partial charge in [-0.15, -0.1) is 0 Å². The Kier molecular flexibility index (Phi) is 4.45. The quantitative estimate of drug-likeness (QED) is 0.495. The van der Waals surface area contributed by atoms with Crippen LogP contribution in [-0.2, 0) is 28.5 Å². The van der Waals surface area contributed by atoms with E-state index in [2.05, 4.69) is 27.7 Å². The zero-order valence-electron chi connectivity index (χ0n) is 19.1. The summed E-state index contributed by atoms with van der Waals surface area (Å²) in [4.78, 5) is 23.6. The monoisotopic (exact) mass is 420 g/mol. The number of hydrogen-bond donors (Lipinski definition) is 0. The maximum absolute atomic E-state index is 11.9. The molecular weight excluding hydrogens is 384 g/mol. The van der Waals surface area contributed by atoms with Gasteiger partial charge in [-0.2, -0.15) is 0 Å². The number of hydrogen-bond acceptors (Lipinski definition) is 6. The second-order valence-electron chi connectivity index (χ2n) is 11.7. The summed E-state index contributed by atoms with van der Waals surface area (Å²) in [5.41, 5.74) is 0.437. The van der Waals surface area contributed by atoms with Gasteiger partial charge in [-0.05, 0) is 53.8 Å². The molecule has 30 heavy (non-hydrogen) atoms. The predicted octanol–water partition coefficient (Wildman–Crippen LogP) is 4.06. The van der Waals surface area contributed by atoms with Crippen molar-refractivity contribution in [3.05, 3.63) is 0 Å². The highest BCUT2D eigenvalue weighted by Gasteiger charge is 2.77. The van der Waals surface area contributed by atoms with Crippen molar-refractivity contribution in [2.75, 3.05) is 0 Å². The molecule has 0 unspecified atom stereocenters. The smallest absolute Gasteiger partial charge is 0.304 e. The van der Waals surface area contributed by atoms with Gasteiger partial charge in [0, 0.05) is 19.8 Å². The molecule has 0 aromatic rings. The maximum atomic E-state index is 11.9. The molecule has 0 spiro atoms. The number of carbonyl (C=O) groups is 2. The van der Waals surface area contributed by atoms with Crippen molar-refractivity contribution in [3.63, 3.8) is 0 Å². The van der Waals surface area contributed by atoms with Gasteiger partial charge in [0.05, 0.1) is 18.1 Å². The standard InChI is InChI=1S/C24H36O6/c1-12(25)27-20-15-16(21(30-20)28-13(2)26)24(6)11-8-14-22(3,4)9-7-10-23(14,5)19(24)18-17(15)29-18/h14-21H,7-11H2,1-6H3/t14-,15-,16-,17-,18-,19+,20+,21-,23-,24-/m0/s1. The van der Waals surface area contributed by atoms with Crippen LogP contribution in [0.2, 0.25) is 0 Å².